The molecule has 0 bridgehead atoms. The number of aromatic hydroxyl groups is 1. The first-order chi connectivity index (χ1) is 5.02. The van der Waals surface area contributed by atoms with E-state index in [-0.39, 0.29) is 29.6 Å². The number of aromatic nitrogens is 1. The Morgan fingerprint density at radius 2 is 2.08 bits per heavy atom. The minimum atomic E-state index is -4.64. The van der Waals surface area contributed by atoms with Gasteiger partial charge in [0, 0.05) is 6.20 Å². The number of hydrogen-bond donors (Lipinski definition) is 1. The minimum absolute atomic E-state index is 0. The third-order valence-electron chi connectivity index (χ3n) is 0.988. The normalized spacial score (nSPS) is 10.4. The van der Waals surface area contributed by atoms with E-state index >= 15 is 0 Å². The monoisotopic (exact) mass is 197 g/mol. The summed E-state index contributed by atoms with van der Waals surface area (Å²) < 4.78 is 30.8. The van der Waals surface area contributed by atoms with E-state index in [1.807, 2.05) is 0 Å². The van der Waals surface area contributed by atoms with E-state index in [0.717, 1.165) is 12.3 Å². The van der Waals surface area contributed by atoms with Crippen LogP contribution in [0, 0.1) is 0 Å². The van der Waals surface area contributed by atoms with Crippen LogP contribution in [0.5, 0.6) is 5.75 Å². The molecule has 0 aliphatic heterocycles. The van der Waals surface area contributed by atoms with Gasteiger partial charge in [0.1, 0.15) is 10.1 Å². The van der Waals surface area contributed by atoms with Crippen molar-refractivity contribution in [2.24, 2.45) is 0 Å². The topological polar surface area (TPSA) is 90.3 Å². The average molecular weight is 197 g/mol. The first-order valence-electron chi connectivity index (χ1n) is 2.61. The van der Waals surface area contributed by atoms with E-state index in [2.05, 4.69) is 4.98 Å². The van der Waals surface area contributed by atoms with Crippen LogP contribution in [0.3, 0.4) is 0 Å². The Bertz CT molecular complexity index is 363. The van der Waals surface area contributed by atoms with Crippen LogP contribution in [-0.2, 0) is 10.1 Å². The maximum atomic E-state index is 10.3. The van der Waals surface area contributed by atoms with E-state index in [1.165, 1.54) is 6.07 Å². The van der Waals surface area contributed by atoms with Gasteiger partial charge >= 0.3 is 29.6 Å². The quantitative estimate of drug-likeness (QED) is 0.376. The summed E-state index contributed by atoms with van der Waals surface area (Å²) in [7, 11) is -4.64. The van der Waals surface area contributed by atoms with Crippen LogP contribution in [0.4, 0.5) is 0 Å². The maximum Gasteiger partial charge on any atom is 1.00 e. The van der Waals surface area contributed by atoms with Crippen LogP contribution in [0.25, 0.3) is 0 Å². The summed E-state index contributed by atoms with van der Waals surface area (Å²) in [6.45, 7) is 0. The fourth-order valence-corrected chi connectivity index (χ4v) is 1.09. The predicted octanol–water partition coefficient (Wildman–Crippen LogP) is -3.30. The van der Waals surface area contributed by atoms with Gasteiger partial charge in [-0.25, -0.2) is 13.4 Å². The Balaban J connectivity index is 0.00000121. The molecule has 1 rings (SSSR count). The van der Waals surface area contributed by atoms with Gasteiger partial charge < -0.3 is 9.66 Å². The van der Waals surface area contributed by atoms with Crippen molar-refractivity contribution in [3.63, 3.8) is 0 Å². The zero-order valence-corrected chi connectivity index (χ0v) is 9.08. The van der Waals surface area contributed by atoms with E-state index in [9.17, 15) is 13.0 Å². The Kier molecular flexibility index (Phi) is 4.15. The predicted molar refractivity (Wildman–Crippen MR) is 33.9 cm³/mol. The van der Waals surface area contributed by atoms with E-state index < -0.39 is 20.9 Å². The van der Waals surface area contributed by atoms with Gasteiger partial charge in [-0.2, -0.15) is 0 Å². The number of rotatable bonds is 1. The van der Waals surface area contributed by atoms with Gasteiger partial charge in [0.15, 0.2) is 10.8 Å². The molecule has 0 aliphatic rings. The fourth-order valence-electron chi connectivity index (χ4n) is 0.575. The molecule has 1 heterocycles. The molecule has 1 aromatic heterocycles. The molecule has 0 saturated heterocycles. The summed E-state index contributed by atoms with van der Waals surface area (Å²) in [6.07, 6.45) is 1.12. The molecule has 0 amide bonds. The van der Waals surface area contributed by atoms with Crippen LogP contribution in [0.1, 0.15) is 0 Å². The number of pyridine rings is 1. The molecule has 1 N–H and O–H groups in total. The van der Waals surface area contributed by atoms with E-state index in [4.69, 9.17) is 5.11 Å². The van der Waals surface area contributed by atoms with Crippen molar-refractivity contribution < 1.29 is 47.6 Å². The molecule has 0 aromatic carbocycles. The molecule has 0 fully saturated rings. The van der Waals surface area contributed by atoms with Gasteiger partial charge in [0.25, 0.3) is 0 Å². The third kappa shape index (κ3) is 2.72. The van der Waals surface area contributed by atoms with Gasteiger partial charge in [-0.15, -0.1) is 0 Å². The zero-order chi connectivity index (χ0) is 8.48. The largest absolute Gasteiger partial charge is 1.00 e. The summed E-state index contributed by atoms with van der Waals surface area (Å²) in [4.78, 5) is 3.20. The van der Waals surface area contributed by atoms with Gasteiger partial charge in [0.2, 0.25) is 0 Å². The molecular formula is C5H4NNaO4S. The van der Waals surface area contributed by atoms with Crippen LogP contribution in [-0.4, -0.2) is 23.1 Å². The van der Waals surface area contributed by atoms with Crippen molar-refractivity contribution in [3.05, 3.63) is 18.3 Å². The summed E-state index contributed by atoms with van der Waals surface area (Å²) >= 11 is 0. The second-order valence-corrected chi connectivity index (χ2v) is 3.08. The van der Waals surface area contributed by atoms with Crippen molar-refractivity contribution in [1.29, 1.82) is 0 Å². The third-order valence-corrected chi connectivity index (χ3v) is 1.78. The number of hydrogen-bond acceptors (Lipinski definition) is 5. The van der Waals surface area contributed by atoms with Crippen molar-refractivity contribution >= 4 is 10.1 Å². The molecule has 12 heavy (non-hydrogen) atoms. The standard InChI is InChI=1S/C5H5NO4S.Na/c7-4-2-1-3-6-5(4)11(8,9)10;/h1-3,7H,(H,8,9,10);/q;+1/p-1. The smallest absolute Gasteiger partial charge is 0.743 e. The first-order valence-corrected chi connectivity index (χ1v) is 4.02. The minimum Gasteiger partial charge on any atom is -0.743 e. The van der Waals surface area contributed by atoms with Crippen molar-refractivity contribution in [1.82, 2.24) is 4.98 Å². The van der Waals surface area contributed by atoms with Crippen molar-refractivity contribution in [3.8, 4) is 5.75 Å². The number of nitrogens with zero attached hydrogens (tertiary/aromatic N) is 1. The molecule has 0 spiro atoms. The molecule has 0 atom stereocenters. The van der Waals surface area contributed by atoms with E-state index in [1.54, 1.807) is 0 Å². The summed E-state index contributed by atoms with van der Waals surface area (Å²) in [6, 6.07) is 2.40. The summed E-state index contributed by atoms with van der Waals surface area (Å²) in [5.74, 6) is -0.623. The van der Waals surface area contributed by atoms with Gasteiger partial charge in [-0.1, -0.05) is 0 Å². The first kappa shape index (κ1) is 11.9. The molecule has 60 valence electrons. The second kappa shape index (κ2) is 4.20. The molecule has 5 nitrogen and oxygen atoms in total. The summed E-state index contributed by atoms with van der Waals surface area (Å²) in [5.41, 5.74) is 0. The average Bonchev–Trinajstić information content (AvgIpc) is 1.86. The van der Waals surface area contributed by atoms with Crippen LogP contribution < -0.4 is 29.6 Å². The van der Waals surface area contributed by atoms with Crippen LogP contribution >= 0.6 is 0 Å². The van der Waals surface area contributed by atoms with Crippen molar-refractivity contribution in [2.45, 2.75) is 5.03 Å². The summed E-state index contributed by atoms with van der Waals surface area (Å²) in [5, 5.41) is 7.97. The van der Waals surface area contributed by atoms with Crippen molar-refractivity contribution in [2.75, 3.05) is 0 Å². The zero-order valence-electron chi connectivity index (χ0n) is 6.26. The molecule has 0 radical (unpaired) electrons. The fraction of sp³-hybridized carbons (Fsp3) is 0. The van der Waals surface area contributed by atoms with Crippen LogP contribution in [0.15, 0.2) is 23.4 Å². The Labute approximate surface area is 91.5 Å². The molecule has 1 aromatic rings. The molecule has 0 unspecified atom stereocenters. The molecule has 0 saturated carbocycles. The second-order valence-electron chi connectivity index (χ2n) is 1.78. The Morgan fingerprint density at radius 1 is 1.50 bits per heavy atom. The van der Waals surface area contributed by atoms with Gasteiger partial charge in [-0.05, 0) is 12.1 Å². The molecular weight excluding hydrogens is 193 g/mol. The molecule has 0 aliphatic carbocycles. The molecule has 7 heteroatoms. The Morgan fingerprint density at radius 3 is 2.42 bits per heavy atom. The Hall–Kier alpha value is -0.140. The maximum absolute atomic E-state index is 10.3. The van der Waals surface area contributed by atoms with Gasteiger partial charge in [-0.3, -0.25) is 0 Å². The van der Waals surface area contributed by atoms with Crippen LogP contribution in [0.2, 0.25) is 0 Å². The van der Waals surface area contributed by atoms with Gasteiger partial charge in [0.05, 0.1) is 0 Å². The SMILES string of the molecule is O=S(=O)([O-])c1ncccc1O.[Na+]. The van der Waals surface area contributed by atoms with E-state index in [0.29, 0.717) is 0 Å².